The summed E-state index contributed by atoms with van der Waals surface area (Å²) in [7, 11) is 0. The van der Waals surface area contributed by atoms with Crippen LogP contribution in [0.5, 0.6) is 0 Å². The Morgan fingerprint density at radius 1 is 0.542 bits per heavy atom. The quantitative estimate of drug-likeness (QED) is 0.0348. The Hall–Kier alpha value is -6.44. The van der Waals surface area contributed by atoms with Gasteiger partial charge in [-0.25, -0.2) is 4.79 Å². The van der Waals surface area contributed by atoms with Gasteiger partial charge in [-0.05, 0) is 44.9 Å². The Labute approximate surface area is 336 Å². The highest BCUT2D eigenvalue weighted by Gasteiger charge is 2.40. The molecule has 59 heavy (non-hydrogen) atoms. The number of aliphatic hydroxyl groups excluding tert-OH is 1. The molecule has 0 aliphatic carbocycles. The predicted molar refractivity (Wildman–Crippen MR) is 198 cm³/mol. The lowest BCUT2D eigenvalue weighted by atomic mass is 10.0. The molecule has 26 nitrogen and oxygen atoms in total. The fraction of sp³-hybridized carbons (Fsp3) is 0.636. The van der Waals surface area contributed by atoms with Crippen LogP contribution >= 0.6 is 0 Å². The number of aliphatic carboxylic acids is 2. The van der Waals surface area contributed by atoms with Crippen molar-refractivity contribution in [3.63, 3.8) is 0 Å². The Kier molecular flexibility index (Phi) is 21.5. The number of carboxylic acids is 2. The van der Waals surface area contributed by atoms with Crippen LogP contribution in [0, 0.1) is 0 Å². The van der Waals surface area contributed by atoms with Crippen LogP contribution in [-0.4, -0.2) is 147 Å². The van der Waals surface area contributed by atoms with Gasteiger partial charge in [0.1, 0.15) is 36.3 Å². The molecule has 0 spiro atoms. The van der Waals surface area contributed by atoms with E-state index in [1.807, 2.05) is 0 Å². The van der Waals surface area contributed by atoms with Crippen LogP contribution in [-0.2, 0) is 57.5 Å². The van der Waals surface area contributed by atoms with Crippen molar-refractivity contribution in [3.8, 4) is 0 Å². The molecule has 0 aromatic heterocycles. The molecule has 1 heterocycles. The number of aliphatic hydroxyl groups is 1. The molecule has 0 aromatic carbocycles. The van der Waals surface area contributed by atoms with E-state index in [0.717, 1.165) is 4.90 Å². The minimum absolute atomic E-state index is 0.0110. The van der Waals surface area contributed by atoms with E-state index in [0.29, 0.717) is 0 Å². The van der Waals surface area contributed by atoms with Crippen molar-refractivity contribution < 1.29 is 72.9 Å². The molecule has 0 radical (unpaired) electrons. The summed E-state index contributed by atoms with van der Waals surface area (Å²) < 4.78 is 0. The molecule has 26 heteroatoms. The van der Waals surface area contributed by atoms with Crippen LogP contribution in [0.4, 0.5) is 0 Å². The van der Waals surface area contributed by atoms with Gasteiger partial charge in [-0.15, -0.1) is 0 Å². The lowest BCUT2D eigenvalue weighted by Gasteiger charge is -2.30. The Bertz CT molecular complexity index is 1610. The number of carbonyl (C=O) groups excluding carboxylic acids is 10. The molecule has 18 N–H and O–H groups in total. The first kappa shape index (κ1) is 50.6. The SMILES string of the molecule is NC(=O)CC[C@H](NC(=O)[C@H](CCC(N)=O)NC(=O)[C@H](CCC(=O)O)NC(=O)[C@@H]1CCCN1C(=O)[C@H](CO)NC(=O)[C@H](CCC(N)=O)NC(=O)[C@@H](N)CCC(N)=O)C(=O)O. The summed E-state index contributed by atoms with van der Waals surface area (Å²) in [4.78, 5) is 149. The second-order valence-electron chi connectivity index (χ2n) is 13.6. The first-order chi connectivity index (χ1) is 27.6. The van der Waals surface area contributed by atoms with E-state index in [1.165, 1.54) is 0 Å². The molecular weight excluding hydrogens is 790 g/mol. The molecule has 1 rings (SSSR count). The number of likely N-dealkylation sites (tertiary alicyclic amines) is 1. The van der Waals surface area contributed by atoms with Crippen molar-refractivity contribution in [2.45, 2.75) is 119 Å². The summed E-state index contributed by atoms with van der Waals surface area (Å²) in [5, 5.41) is 40.1. The summed E-state index contributed by atoms with van der Waals surface area (Å²) in [6.45, 7) is -1.12. The Morgan fingerprint density at radius 2 is 0.932 bits per heavy atom. The van der Waals surface area contributed by atoms with Crippen LogP contribution in [0.1, 0.15) is 77.0 Å². The minimum atomic E-state index is -1.72. The van der Waals surface area contributed by atoms with Gasteiger partial charge in [0, 0.05) is 38.6 Å². The summed E-state index contributed by atoms with van der Waals surface area (Å²) in [5.41, 5.74) is 26.3. The lowest BCUT2D eigenvalue weighted by molar-refractivity contribution is -0.143. The molecule has 1 saturated heterocycles. The average molecular weight is 844 g/mol. The number of primary amides is 4. The van der Waals surface area contributed by atoms with E-state index < -0.39 is 165 Å². The minimum Gasteiger partial charge on any atom is -0.481 e. The van der Waals surface area contributed by atoms with E-state index >= 15 is 0 Å². The van der Waals surface area contributed by atoms with Gasteiger partial charge in [0.25, 0.3) is 0 Å². The maximum Gasteiger partial charge on any atom is 0.326 e. The van der Waals surface area contributed by atoms with Gasteiger partial charge >= 0.3 is 11.9 Å². The van der Waals surface area contributed by atoms with Crippen LogP contribution < -0.4 is 55.3 Å². The van der Waals surface area contributed by atoms with Crippen LogP contribution in [0.2, 0.25) is 0 Å². The summed E-state index contributed by atoms with van der Waals surface area (Å²) in [5.74, 6) is -12.6. The third kappa shape index (κ3) is 18.6. The molecule has 0 aromatic rings. The van der Waals surface area contributed by atoms with Crippen molar-refractivity contribution in [2.24, 2.45) is 28.7 Å². The molecule has 1 fully saturated rings. The molecule has 330 valence electrons. The highest BCUT2D eigenvalue weighted by molar-refractivity contribution is 5.97. The predicted octanol–water partition coefficient (Wildman–Crippen LogP) is -7.27. The zero-order valence-corrected chi connectivity index (χ0v) is 32.0. The number of hydrogen-bond acceptors (Lipinski definition) is 14. The fourth-order valence-corrected chi connectivity index (χ4v) is 5.67. The van der Waals surface area contributed by atoms with Gasteiger partial charge < -0.3 is 75.5 Å². The lowest BCUT2D eigenvalue weighted by Crippen LogP contribution is -2.60. The van der Waals surface area contributed by atoms with E-state index in [4.69, 9.17) is 28.7 Å². The molecule has 0 unspecified atom stereocenters. The first-order valence-electron chi connectivity index (χ1n) is 18.3. The van der Waals surface area contributed by atoms with E-state index in [9.17, 15) is 72.9 Å². The van der Waals surface area contributed by atoms with Crippen molar-refractivity contribution in [1.82, 2.24) is 31.5 Å². The largest absolute Gasteiger partial charge is 0.481 e. The summed E-state index contributed by atoms with van der Waals surface area (Å²) in [6, 6.07) is -10.9. The zero-order valence-electron chi connectivity index (χ0n) is 32.0. The summed E-state index contributed by atoms with van der Waals surface area (Å²) >= 11 is 0. The molecule has 0 bridgehead atoms. The second-order valence-corrected chi connectivity index (χ2v) is 13.6. The van der Waals surface area contributed by atoms with Crippen LogP contribution in [0.3, 0.4) is 0 Å². The standard InChI is InChI=1S/C33H53N11O15/c34-15(3-8-22(35)46)27(52)39-16(4-9-23(36)47)30(55)43-20(14-45)32(57)44-13-1-2-21(44)31(56)41-18(7-12-26(50)51)28(53)40-17(5-10-24(37)48)29(54)42-19(33(58)59)6-11-25(38)49/h15-21,45H,1-14,34H2,(H2,35,46)(H2,36,47)(H2,37,48)(H2,38,49)(H,39,52)(H,40,53)(H,41,56)(H,42,54)(H,43,55)(H,50,51)(H,58,59)/t15-,16-,17-,18-,19-,20-,21-/m0/s1. The van der Waals surface area contributed by atoms with Crippen molar-refractivity contribution in [3.05, 3.63) is 0 Å². The number of carboxylic acid groups (broad SMARTS) is 2. The number of nitrogens with zero attached hydrogens (tertiary/aromatic N) is 1. The van der Waals surface area contributed by atoms with Crippen molar-refractivity contribution in [2.75, 3.05) is 13.2 Å². The van der Waals surface area contributed by atoms with Gasteiger partial charge in [0.15, 0.2) is 0 Å². The van der Waals surface area contributed by atoms with Crippen molar-refractivity contribution >= 4 is 71.0 Å². The number of rotatable bonds is 28. The van der Waals surface area contributed by atoms with Crippen molar-refractivity contribution in [1.29, 1.82) is 0 Å². The number of nitrogens with two attached hydrogens (primary N) is 5. The maximum atomic E-state index is 13.6. The second kappa shape index (κ2) is 25.0. The molecule has 1 aliphatic rings. The van der Waals surface area contributed by atoms with Gasteiger partial charge in [-0.3, -0.25) is 52.7 Å². The number of carbonyl (C=O) groups is 12. The number of amides is 10. The van der Waals surface area contributed by atoms with E-state index in [2.05, 4.69) is 26.6 Å². The third-order valence-electron chi connectivity index (χ3n) is 8.87. The van der Waals surface area contributed by atoms with Crippen LogP contribution in [0.15, 0.2) is 0 Å². The van der Waals surface area contributed by atoms with Gasteiger partial charge in [-0.2, -0.15) is 0 Å². The number of nitrogens with one attached hydrogen (secondary N) is 5. The maximum absolute atomic E-state index is 13.6. The number of hydrogen-bond donors (Lipinski definition) is 13. The zero-order chi connectivity index (χ0) is 45.0. The summed E-state index contributed by atoms with van der Waals surface area (Å²) in [6.07, 6.45) is -4.09. The van der Waals surface area contributed by atoms with Gasteiger partial charge in [0.2, 0.25) is 59.1 Å². The normalized spacial score (nSPS) is 16.4. The topological polar surface area (TPSA) is 459 Å². The van der Waals surface area contributed by atoms with Crippen LogP contribution in [0.25, 0.3) is 0 Å². The van der Waals surface area contributed by atoms with Gasteiger partial charge in [-0.1, -0.05) is 0 Å². The van der Waals surface area contributed by atoms with Gasteiger partial charge in [0.05, 0.1) is 12.6 Å². The molecular formula is C33H53N11O15. The average Bonchev–Trinajstić information content (AvgIpc) is 3.65. The van der Waals surface area contributed by atoms with E-state index in [-0.39, 0.29) is 38.6 Å². The molecule has 7 atom stereocenters. The Morgan fingerprint density at radius 3 is 1.37 bits per heavy atom. The smallest absolute Gasteiger partial charge is 0.326 e. The highest BCUT2D eigenvalue weighted by Crippen LogP contribution is 2.20. The molecule has 10 amide bonds. The highest BCUT2D eigenvalue weighted by atomic mass is 16.4. The fourth-order valence-electron chi connectivity index (χ4n) is 5.67. The van der Waals surface area contributed by atoms with E-state index in [1.54, 1.807) is 0 Å². The first-order valence-corrected chi connectivity index (χ1v) is 18.3. The Balaban J connectivity index is 3.24. The molecule has 0 saturated carbocycles. The monoisotopic (exact) mass is 843 g/mol. The molecule has 1 aliphatic heterocycles. The third-order valence-corrected chi connectivity index (χ3v) is 8.87.